The van der Waals surface area contributed by atoms with Gasteiger partial charge in [-0.15, -0.1) is 0 Å². The van der Waals surface area contributed by atoms with Gasteiger partial charge >= 0.3 is 0 Å². The fourth-order valence-electron chi connectivity index (χ4n) is 1.79. The van der Waals surface area contributed by atoms with Crippen molar-refractivity contribution in [2.45, 2.75) is 38.6 Å². The maximum atomic E-state index is 11.5. The maximum absolute atomic E-state index is 11.5. The average Bonchev–Trinajstić information content (AvgIpc) is 2.27. The summed E-state index contributed by atoms with van der Waals surface area (Å²) in [6.45, 7) is 4.36. The van der Waals surface area contributed by atoms with Gasteiger partial charge in [0.25, 0.3) is 0 Å². The summed E-state index contributed by atoms with van der Waals surface area (Å²) in [5, 5.41) is 2.89. The molecule has 0 aliphatic carbocycles. The van der Waals surface area contributed by atoms with Crippen LogP contribution in [0.15, 0.2) is 0 Å². The summed E-state index contributed by atoms with van der Waals surface area (Å²) in [6, 6.07) is -0.348. The fraction of sp³-hybridized carbons (Fsp3) is 0.909. The number of amides is 1. The van der Waals surface area contributed by atoms with Crippen molar-refractivity contribution in [2.75, 3.05) is 19.8 Å². The van der Waals surface area contributed by atoms with Gasteiger partial charge in [0.05, 0.1) is 12.6 Å². The lowest BCUT2D eigenvalue weighted by molar-refractivity contribution is -0.122. The first kappa shape index (κ1) is 12.5. The Morgan fingerprint density at radius 2 is 2.47 bits per heavy atom. The van der Waals surface area contributed by atoms with Gasteiger partial charge in [-0.3, -0.25) is 4.79 Å². The van der Waals surface area contributed by atoms with E-state index in [9.17, 15) is 4.79 Å². The highest BCUT2D eigenvalue weighted by Gasteiger charge is 2.17. The molecule has 1 rings (SSSR count). The summed E-state index contributed by atoms with van der Waals surface area (Å²) >= 11 is 0. The number of ether oxygens (including phenoxy) is 1. The molecule has 15 heavy (non-hydrogen) atoms. The van der Waals surface area contributed by atoms with E-state index in [-0.39, 0.29) is 11.9 Å². The van der Waals surface area contributed by atoms with E-state index in [4.69, 9.17) is 10.5 Å². The standard InChI is InChI=1S/C11H22N2O2/c1-2-4-10(12)11(14)13-7-9-5-3-6-15-8-9/h9-10H,2-8,12H2,1H3,(H,13,14). The molecule has 0 aromatic carbocycles. The number of nitrogens with two attached hydrogens (primary N) is 1. The quantitative estimate of drug-likeness (QED) is 0.706. The first-order valence-electron chi connectivity index (χ1n) is 5.85. The maximum Gasteiger partial charge on any atom is 0.236 e. The molecule has 4 heteroatoms. The highest BCUT2D eigenvalue weighted by Crippen LogP contribution is 2.12. The zero-order chi connectivity index (χ0) is 11.1. The van der Waals surface area contributed by atoms with Crippen molar-refractivity contribution < 1.29 is 9.53 Å². The van der Waals surface area contributed by atoms with Crippen LogP contribution < -0.4 is 11.1 Å². The van der Waals surface area contributed by atoms with Crippen molar-refractivity contribution in [3.05, 3.63) is 0 Å². The molecule has 1 aliphatic rings. The summed E-state index contributed by atoms with van der Waals surface area (Å²) in [4.78, 5) is 11.5. The molecule has 0 radical (unpaired) electrons. The third kappa shape index (κ3) is 4.62. The van der Waals surface area contributed by atoms with Gasteiger partial charge in [-0.1, -0.05) is 13.3 Å². The van der Waals surface area contributed by atoms with E-state index < -0.39 is 0 Å². The lowest BCUT2D eigenvalue weighted by Crippen LogP contribution is -2.43. The normalized spacial score (nSPS) is 23.5. The van der Waals surface area contributed by atoms with Crippen LogP contribution >= 0.6 is 0 Å². The minimum Gasteiger partial charge on any atom is -0.381 e. The molecule has 0 aromatic rings. The molecule has 1 heterocycles. The lowest BCUT2D eigenvalue weighted by Gasteiger charge is -2.22. The van der Waals surface area contributed by atoms with Crippen molar-refractivity contribution in [3.8, 4) is 0 Å². The Bertz CT molecular complexity index is 191. The molecule has 1 aliphatic heterocycles. The molecule has 1 fully saturated rings. The first-order valence-corrected chi connectivity index (χ1v) is 5.85. The third-order valence-corrected chi connectivity index (χ3v) is 2.76. The molecular weight excluding hydrogens is 192 g/mol. The van der Waals surface area contributed by atoms with Crippen LogP contribution in [0.3, 0.4) is 0 Å². The van der Waals surface area contributed by atoms with Crippen molar-refractivity contribution in [2.24, 2.45) is 11.7 Å². The third-order valence-electron chi connectivity index (χ3n) is 2.76. The zero-order valence-corrected chi connectivity index (χ0v) is 9.50. The summed E-state index contributed by atoms with van der Waals surface area (Å²) < 4.78 is 5.34. The van der Waals surface area contributed by atoms with Crippen LogP contribution in [0.2, 0.25) is 0 Å². The fourth-order valence-corrected chi connectivity index (χ4v) is 1.79. The van der Waals surface area contributed by atoms with Gasteiger partial charge in [-0.2, -0.15) is 0 Å². The minimum absolute atomic E-state index is 0.0255. The van der Waals surface area contributed by atoms with Crippen LogP contribution in [0.25, 0.3) is 0 Å². The zero-order valence-electron chi connectivity index (χ0n) is 9.50. The number of rotatable bonds is 5. The lowest BCUT2D eigenvalue weighted by atomic mass is 10.0. The Hall–Kier alpha value is -0.610. The molecule has 1 saturated heterocycles. The van der Waals surface area contributed by atoms with Gasteiger partial charge in [0.15, 0.2) is 0 Å². The van der Waals surface area contributed by atoms with E-state index in [0.29, 0.717) is 12.5 Å². The SMILES string of the molecule is CCCC(N)C(=O)NCC1CCCOC1. The average molecular weight is 214 g/mol. The van der Waals surface area contributed by atoms with Crippen LogP contribution in [0.1, 0.15) is 32.6 Å². The topological polar surface area (TPSA) is 64.4 Å². The second-order valence-electron chi connectivity index (χ2n) is 4.22. The smallest absolute Gasteiger partial charge is 0.236 e. The summed E-state index contributed by atoms with van der Waals surface area (Å²) in [6.07, 6.45) is 3.94. The molecule has 2 unspecified atom stereocenters. The van der Waals surface area contributed by atoms with Gasteiger partial charge < -0.3 is 15.8 Å². The number of nitrogens with one attached hydrogen (secondary N) is 1. The molecule has 0 aromatic heterocycles. The van der Waals surface area contributed by atoms with Crippen LogP contribution in [0.4, 0.5) is 0 Å². The van der Waals surface area contributed by atoms with E-state index in [1.807, 2.05) is 6.92 Å². The highest BCUT2D eigenvalue weighted by molar-refractivity contribution is 5.81. The van der Waals surface area contributed by atoms with Crippen molar-refractivity contribution in [1.82, 2.24) is 5.32 Å². The Kier molecular flexibility index (Phi) is 5.65. The number of hydrogen-bond acceptors (Lipinski definition) is 3. The molecule has 2 atom stereocenters. The van der Waals surface area contributed by atoms with Gasteiger partial charge in [-0.25, -0.2) is 0 Å². The molecule has 0 bridgehead atoms. The molecule has 1 amide bonds. The largest absolute Gasteiger partial charge is 0.381 e. The van der Waals surface area contributed by atoms with Gasteiger partial charge in [0.1, 0.15) is 0 Å². The van der Waals surface area contributed by atoms with Crippen LogP contribution in [-0.4, -0.2) is 31.7 Å². The predicted octanol–water partition coefficient (Wildman–Crippen LogP) is 0.657. The number of carbonyl (C=O) groups is 1. The minimum atomic E-state index is -0.348. The number of hydrogen-bond donors (Lipinski definition) is 2. The molecule has 3 N–H and O–H groups in total. The van der Waals surface area contributed by atoms with Crippen LogP contribution in [-0.2, 0) is 9.53 Å². The van der Waals surface area contributed by atoms with Gasteiger partial charge in [0.2, 0.25) is 5.91 Å². The van der Waals surface area contributed by atoms with Crippen LogP contribution in [0, 0.1) is 5.92 Å². The number of carbonyl (C=O) groups excluding carboxylic acids is 1. The predicted molar refractivity (Wildman–Crippen MR) is 59.4 cm³/mol. The van der Waals surface area contributed by atoms with E-state index in [1.165, 1.54) is 0 Å². The van der Waals surface area contributed by atoms with Crippen molar-refractivity contribution in [3.63, 3.8) is 0 Å². The Morgan fingerprint density at radius 1 is 1.67 bits per heavy atom. The molecular formula is C11H22N2O2. The molecule has 0 saturated carbocycles. The summed E-state index contributed by atoms with van der Waals surface area (Å²) in [5.74, 6) is 0.443. The Balaban J connectivity index is 2.14. The van der Waals surface area contributed by atoms with Gasteiger partial charge in [-0.05, 0) is 25.2 Å². The van der Waals surface area contributed by atoms with E-state index in [1.54, 1.807) is 0 Å². The van der Waals surface area contributed by atoms with E-state index >= 15 is 0 Å². The molecule has 0 spiro atoms. The molecule has 4 nitrogen and oxygen atoms in total. The first-order chi connectivity index (χ1) is 7.24. The highest BCUT2D eigenvalue weighted by atomic mass is 16.5. The van der Waals surface area contributed by atoms with Crippen LogP contribution in [0.5, 0.6) is 0 Å². The van der Waals surface area contributed by atoms with Crippen molar-refractivity contribution >= 4 is 5.91 Å². The Labute approximate surface area is 91.5 Å². The second-order valence-corrected chi connectivity index (χ2v) is 4.22. The van der Waals surface area contributed by atoms with Crippen molar-refractivity contribution in [1.29, 1.82) is 0 Å². The molecule has 88 valence electrons. The summed E-state index contributed by atoms with van der Waals surface area (Å²) in [5.41, 5.74) is 5.70. The van der Waals surface area contributed by atoms with E-state index in [0.717, 1.165) is 38.9 Å². The summed E-state index contributed by atoms with van der Waals surface area (Å²) in [7, 11) is 0. The van der Waals surface area contributed by atoms with E-state index in [2.05, 4.69) is 5.32 Å². The second kappa shape index (κ2) is 6.80. The van der Waals surface area contributed by atoms with Gasteiger partial charge in [0, 0.05) is 13.2 Å². The monoisotopic (exact) mass is 214 g/mol. The Morgan fingerprint density at radius 3 is 3.07 bits per heavy atom.